The molecule has 0 saturated carbocycles. The molecule has 3 nitrogen and oxygen atoms in total. The van der Waals surface area contributed by atoms with E-state index in [1.165, 1.54) is 5.38 Å². The van der Waals surface area contributed by atoms with Crippen LogP contribution in [-0.4, -0.2) is 16.1 Å². The summed E-state index contributed by atoms with van der Waals surface area (Å²) in [5.74, 6) is -2.35. The molecule has 0 saturated heterocycles. The number of alkyl halides is 3. The molecule has 2 rings (SSSR count). The van der Waals surface area contributed by atoms with Crippen molar-refractivity contribution in [2.45, 2.75) is 6.18 Å². The van der Waals surface area contributed by atoms with Gasteiger partial charge in [-0.1, -0.05) is 0 Å². The van der Waals surface area contributed by atoms with Crippen LogP contribution in [0.15, 0.2) is 23.6 Å². The summed E-state index contributed by atoms with van der Waals surface area (Å²) < 4.78 is 50.7. The molecule has 1 N–H and O–H groups in total. The van der Waals surface area contributed by atoms with E-state index in [0.717, 1.165) is 23.5 Å². The van der Waals surface area contributed by atoms with Gasteiger partial charge in [0.2, 0.25) is 0 Å². The minimum atomic E-state index is -4.68. The van der Waals surface area contributed by atoms with Crippen molar-refractivity contribution in [3.8, 4) is 10.6 Å². The molecule has 1 aromatic carbocycles. The monoisotopic (exact) mass is 291 g/mol. The second-order valence-electron chi connectivity index (χ2n) is 3.57. The van der Waals surface area contributed by atoms with Crippen molar-refractivity contribution in [3.63, 3.8) is 0 Å². The predicted octanol–water partition coefficient (Wildman–Crippen LogP) is 3.67. The third-order valence-corrected chi connectivity index (χ3v) is 3.09. The Morgan fingerprint density at radius 3 is 2.47 bits per heavy atom. The Morgan fingerprint density at radius 1 is 1.26 bits per heavy atom. The van der Waals surface area contributed by atoms with Gasteiger partial charge in [0.1, 0.15) is 10.8 Å². The lowest BCUT2D eigenvalue weighted by atomic mass is 10.1. The molecule has 0 bridgehead atoms. The molecule has 8 heteroatoms. The van der Waals surface area contributed by atoms with Gasteiger partial charge in [0.25, 0.3) is 0 Å². The Labute approximate surface area is 108 Å². The number of nitrogens with zero attached hydrogens (tertiary/aromatic N) is 1. The van der Waals surface area contributed by atoms with Crippen molar-refractivity contribution in [2.24, 2.45) is 0 Å². The van der Waals surface area contributed by atoms with Crippen molar-refractivity contribution in [1.82, 2.24) is 4.98 Å². The van der Waals surface area contributed by atoms with E-state index in [4.69, 9.17) is 5.11 Å². The molecular weight excluding hydrogens is 286 g/mol. The van der Waals surface area contributed by atoms with Crippen molar-refractivity contribution in [3.05, 3.63) is 40.7 Å². The molecule has 0 spiro atoms. The number of carboxylic acids is 1. The molecule has 0 aliphatic heterocycles. The Hall–Kier alpha value is -1.96. The summed E-state index contributed by atoms with van der Waals surface area (Å²) in [5.41, 5.74) is -1.54. The topological polar surface area (TPSA) is 50.2 Å². The van der Waals surface area contributed by atoms with Gasteiger partial charge in [-0.25, -0.2) is 14.2 Å². The second-order valence-corrected chi connectivity index (χ2v) is 4.43. The maximum atomic E-state index is 13.2. The first-order valence-corrected chi connectivity index (χ1v) is 5.72. The molecule has 0 atom stereocenters. The van der Waals surface area contributed by atoms with Crippen molar-refractivity contribution < 1.29 is 27.5 Å². The Morgan fingerprint density at radius 2 is 1.95 bits per heavy atom. The van der Waals surface area contributed by atoms with Crippen LogP contribution in [0.25, 0.3) is 10.6 Å². The van der Waals surface area contributed by atoms with E-state index in [-0.39, 0.29) is 16.3 Å². The highest BCUT2D eigenvalue weighted by atomic mass is 32.1. The Bertz CT molecular complexity index is 636. The van der Waals surface area contributed by atoms with E-state index in [2.05, 4.69) is 4.98 Å². The standard InChI is InChI=1S/C11H5F4NO2S/c12-7-2-5(1-6(3-7)11(13,14)15)9-16-8(4-19-9)10(17)18/h1-4H,(H,17,18). The number of hydrogen-bond donors (Lipinski definition) is 1. The fourth-order valence-corrected chi connectivity index (χ4v) is 2.16. The predicted molar refractivity (Wildman–Crippen MR) is 59.5 cm³/mol. The SMILES string of the molecule is O=C(O)c1csc(-c2cc(F)cc(C(F)(F)F)c2)n1. The van der Waals surface area contributed by atoms with Crippen LogP contribution in [0.2, 0.25) is 0 Å². The summed E-state index contributed by atoms with van der Waals surface area (Å²) in [6.45, 7) is 0. The van der Waals surface area contributed by atoms with E-state index in [9.17, 15) is 22.4 Å². The first-order chi connectivity index (χ1) is 8.77. The molecule has 0 fully saturated rings. The largest absolute Gasteiger partial charge is 0.476 e. The van der Waals surface area contributed by atoms with Crippen LogP contribution >= 0.6 is 11.3 Å². The summed E-state index contributed by atoms with van der Waals surface area (Å²) in [6.07, 6.45) is -4.68. The fourth-order valence-electron chi connectivity index (χ4n) is 1.38. The number of carbonyl (C=O) groups is 1. The number of benzene rings is 1. The zero-order valence-electron chi connectivity index (χ0n) is 9.03. The van der Waals surface area contributed by atoms with Gasteiger partial charge in [-0.15, -0.1) is 11.3 Å². The van der Waals surface area contributed by atoms with E-state index in [1.807, 2.05) is 0 Å². The van der Waals surface area contributed by atoms with Gasteiger partial charge in [-0.2, -0.15) is 13.2 Å². The minimum Gasteiger partial charge on any atom is -0.476 e. The average molecular weight is 291 g/mol. The van der Waals surface area contributed by atoms with Crippen molar-refractivity contribution >= 4 is 17.3 Å². The summed E-state index contributed by atoms with van der Waals surface area (Å²) in [5, 5.41) is 9.87. The molecule has 2 aromatic rings. The molecule has 0 amide bonds. The van der Waals surface area contributed by atoms with E-state index >= 15 is 0 Å². The summed E-state index contributed by atoms with van der Waals surface area (Å²) in [6, 6.07) is 1.97. The maximum absolute atomic E-state index is 13.2. The molecule has 0 unspecified atom stereocenters. The molecule has 1 heterocycles. The van der Waals surface area contributed by atoms with E-state index in [0.29, 0.717) is 6.07 Å². The highest BCUT2D eigenvalue weighted by Crippen LogP contribution is 2.34. The molecule has 19 heavy (non-hydrogen) atoms. The summed E-state index contributed by atoms with van der Waals surface area (Å²) in [4.78, 5) is 14.3. The van der Waals surface area contributed by atoms with Crippen LogP contribution in [-0.2, 0) is 6.18 Å². The quantitative estimate of drug-likeness (QED) is 0.859. The highest BCUT2D eigenvalue weighted by molar-refractivity contribution is 7.13. The van der Waals surface area contributed by atoms with Crippen molar-refractivity contribution in [1.29, 1.82) is 0 Å². The van der Waals surface area contributed by atoms with E-state index < -0.39 is 23.5 Å². The van der Waals surface area contributed by atoms with Gasteiger partial charge >= 0.3 is 12.1 Å². The second kappa shape index (κ2) is 4.61. The Balaban J connectivity index is 2.50. The minimum absolute atomic E-state index is 0.0161. The number of halogens is 4. The van der Waals surface area contributed by atoms with Crippen LogP contribution in [0.3, 0.4) is 0 Å². The molecular formula is C11H5F4NO2S. The summed E-state index contributed by atoms with van der Waals surface area (Å²) >= 11 is 0.833. The van der Waals surface area contributed by atoms with Crippen LogP contribution < -0.4 is 0 Å². The molecule has 0 radical (unpaired) electrons. The lowest BCUT2D eigenvalue weighted by Crippen LogP contribution is -2.05. The van der Waals surface area contributed by atoms with Crippen LogP contribution in [0.5, 0.6) is 0 Å². The molecule has 0 aliphatic rings. The van der Waals surface area contributed by atoms with E-state index in [1.54, 1.807) is 0 Å². The zero-order valence-corrected chi connectivity index (χ0v) is 9.85. The summed E-state index contributed by atoms with van der Waals surface area (Å²) in [7, 11) is 0. The molecule has 1 aromatic heterocycles. The van der Waals surface area contributed by atoms with Crippen LogP contribution in [0.1, 0.15) is 16.1 Å². The van der Waals surface area contributed by atoms with Gasteiger partial charge in [-0.3, -0.25) is 0 Å². The average Bonchev–Trinajstić information content (AvgIpc) is 2.76. The first kappa shape index (κ1) is 13.5. The number of carboxylic acid groups (broad SMARTS) is 1. The number of thiazole rings is 1. The zero-order chi connectivity index (χ0) is 14.2. The third kappa shape index (κ3) is 2.90. The van der Waals surface area contributed by atoms with Crippen molar-refractivity contribution in [2.75, 3.05) is 0 Å². The van der Waals surface area contributed by atoms with Gasteiger partial charge in [0.15, 0.2) is 5.69 Å². The molecule has 0 aliphatic carbocycles. The fraction of sp³-hybridized carbons (Fsp3) is 0.0909. The Kier molecular flexibility index (Phi) is 3.27. The number of aromatic carboxylic acids is 1. The normalized spacial score (nSPS) is 11.6. The number of hydrogen-bond acceptors (Lipinski definition) is 3. The number of aromatic nitrogens is 1. The lowest BCUT2D eigenvalue weighted by molar-refractivity contribution is -0.137. The van der Waals surface area contributed by atoms with Gasteiger partial charge in [0, 0.05) is 10.9 Å². The lowest BCUT2D eigenvalue weighted by Gasteiger charge is -2.08. The third-order valence-electron chi connectivity index (χ3n) is 2.20. The first-order valence-electron chi connectivity index (χ1n) is 4.84. The van der Waals surface area contributed by atoms with Crippen LogP contribution in [0.4, 0.5) is 17.6 Å². The van der Waals surface area contributed by atoms with Crippen LogP contribution in [0, 0.1) is 5.82 Å². The van der Waals surface area contributed by atoms with Gasteiger partial charge in [0.05, 0.1) is 5.56 Å². The number of rotatable bonds is 2. The van der Waals surface area contributed by atoms with Gasteiger partial charge in [-0.05, 0) is 18.2 Å². The maximum Gasteiger partial charge on any atom is 0.416 e. The molecule has 100 valence electrons. The highest BCUT2D eigenvalue weighted by Gasteiger charge is 2.31. The smallest absolute Gasteiger partial charge is 0.416 e. The van der Waals surface area contributed by atoms with Gasteiger partial charge < -0.3 is 5.11 Å².